The van der Waals surface area contributed by atoms with Crippen LogP contribution >= 0.6 is 0 Å². The Labute approximate surface area is 121 Å². The van der Waals surface area contributed by atoms with Crippen LogP contribution < -0.4 is 5.32 Å². The standard InChI is InChI=1S/C16H26N2O2/c1-10(2)12-13(19)17-16(4,11-6-7-11)14(20)18(12)15(3)8-5-9-15/h10-12H,5-9H2,1-4H3,(H,17,19). The van der Waals surface area contributed by atoms with Crippen molar-refractivity contribution in [2.45, 2.75) is 76.9 Å². The summed E-state index contributed by atoms with van der Waals surface area (Å²) in [6, 6.07) is -0.306. The predicted octanol–water partition coefficient (Wildman–Crippen LogP) is 2.08. The van der Waals surface area contributed by atoms with Crippen molar-refractivity contribution in [3.8, 4) is 0 Å². The summed E-state index contributed by atoms with van der Waals surface area (Å²) in [4.78, 5) is 27.7. The Morgan fingerprint density at radius 2 is 1.80 bits per heavy atom. The Balaban J connectivity index is 1.99. The highest BCUT2D eigenvalue weighted by atomic mass is 16.2. The van der Waals surface area contributed by atoms with Crippen molar-refractivity contribution in [2.24, 2.45) is 11.8 Å². The molecule has 2 aliphatic carbocycles. The minimum Gasteiger partial charge on any atom is -0.340 e. The summed E-state index contributed by atoms with van der Waals surface area (Å²) in [5.74, 6) is 0.681. The van der Waals surface area contributed by atoms with Gasteiger partial charge < -0.3 is 10.2 Å². The van der Waals surface area contributed by atoms with Gasteiger partial charge in [0.2, 0.25) is 11.8 Å². The Morgan fingerprint density at radius 3 is 2.20 bits per heavy atom. The van der Waals surface area contributed by atoms with Gasteiger partial charge >= 0.3 is 0 Å². The molecule has 1 heterocycles. The highest BCUT2D eigenvalue weighted by Crippen LogP contribution is 2.47. The summed E-state index contributed by atoms with van der Waals surface area (Å²) in [7, 11) is 0. The second-order valence-corrected chi connectivity index (χ2v) is 7.68. The van der Waals surface area contributed by atoms with Crippen LogP contribution in [0.25, 0.3) is 0 Å². The SMILES string of the molecule is CC(C)C1C(=O)NC(C)(C2CC2)C(=O)N1C1(C)CCC1. The average Bonchev–Trinajstić information content (AvgIpc) is 3.14. The number of carbonyl (C=O) groups is 2. The molecule has 4 heteroatoms. The Morgan fingerprint density at radius 1 is 1.20 bits per heavy atom. The van der Waals surface area contributed by atoms with Gasteiger partial charge in [-0.3, -0.25) is 9.59 Å². The lowest BCUT2D eigenvalue weighted by molar-refractivity contribution is -0.169. The first kappa shape index (κ1) is 13.9. The molecule has 1 N–H and O–H groups in total. The molecule has 0 spiro atoms. The minimum atomic E-state index is -0.666. The fourth-order valence-electron chi connectivity index (χ4n) is 3.93. The molecule has 3 rings (SSSR count). The van der Waals surface area contributed by atoms with Crippen LogP contribution in [0.5, 0.6) is 0 Å². The normalized spacial score (nSPS) is 36.9. The molecule has 0 aromatic carbocycles. The maximum Gasteiger partial charge on any atom is 0.249 e. The highest BCUT2D eigenvalue weighted by Gasteiger charge is 2.60. The third-order valence-corrected chi connectivity index (χ3v) is 5.63. The Bertz CT molecular complexity index is 451. The van der Waals surface area contributed by atoms with Crippen molar-refractivity contribution in [1.29, 1.82) is 0 Å². The van der Waals surface area contributed by atoms with Gasteiger partial charge in [-0.1, -0.05) is 13.8 Å². The second-order valence-electron chi connectivity index (χ2n) is 7.68. The number of hydrogen-bond acceptors (Lipinski definition) is 2. The van der Waals surface area contributed by atoms with Crippen LogP contribution in [-0.2, 0) is 9.59 Å². The summed E-state index contributed by atoms with van der Waals surface area (Å²) in [5.41, 5.74) is -0.777. The second kappa shape index (κ2) is 4.22. The Kier molecular flexibility index (Phi) is 2.93. The number of rotatable bonds is 3. The van der Waals surface area contributed by atoms with Gasteiger partial charge in [0.25, 0.3) is 0 Å². The molecular weight excluding hydrogens is 252 g/mol. The smallest absolute Gasteiger partial charge is 0.249 e. The summed E-state index contributed by atoms with van der Waals surface area (Å²) in [6.07, 6.45) is 5.32. The third-order valence-electron chi connectivity index (χ3n) is 5.63. The molecule has 2 atom stereocenters. The first-order chi connectivity index (χ1) is 9.29. The number of piperazine rings is 1. The molecular formula is C16H26N2O2. The molecule has 0 aromatic rings. The number of carbonyl (C=O) groups excluding carboxylic acids is 2. The number of hydrogen-bond donors (Lipinski definition) is 1. The molecule has 2 amide bonds. The Hall–Kier alpha value is -1.06. The average molecular weight is 278 g/mol. The molecule has 0 aromatic heterocycles. The lowest BCUT2D eigenvalue weighted by atomic mass is 9.72. The monoisotopic (exact) mass is 278 g/mol. The van der Waals surface area contributed by atoms with Gasteiger partial charge in [0.1, 0.15) is 11.6 Å². The summed E-state index contributed by atoms with van der Waals surface area (Å²) >= 11 is 0. The van der Waals surface area contributed by atoms with Crippen LogP contribution in [-0.4, -0.2) is 33.8 Å². The number of amides is 2. The topological polar surface area (TPSA) is 49.4 Å². The van der Waals surface area contributed by atoms with E-state index in [1.165, 1.54) is 0 Å². The van der Waals surface area contributed by atoms with E-state index in [0.29, 0.717) is 5.92 Å². The summed E-state index contributed by atoms with van der Waals surface area (Å²) < 4.78 is 0. The van der Waals surface area contributed by atoms with Crippen LogP contribution in [0.3, 0.4) is 0 Å². The van der Waals surface area contributed by atoms with Gasteiger partial charge in [0.15, 0.2) is 0 Å². The zero-order valence-electron chi connectivity index (χ0n) is 13.0. The number of nitrogens with one attached hydrogen (secondary N) is 1. The molecule has 0 radical (unpaired) electrons. The lowest BCUT2D eigenvalue weighted by Gasteiger charge is -2.57. The zero-order chi connectivity index (χ0) is 14.7. The third kappa shape index (κ3) is 1.80. The molecule has 0 bridgehead atoms. The molecule has 4 nitrogen and oxygen atoms in total. The molecule has 1 saturated heterocycles. The van der Waals surface area contributed by atoms with E-state index in [4.69, 9.17) is 0 Å². The first-order valence-electron chi connectivity index (χ1n) is 7.95. The lowest BCUT2D eigenvalue weighted by Crippen LogP contribution is -2.76. The highest BCUT2D eigenvalue weighted by molar-refractivity contribution is 6.00. The van der Waals surface area contributed by atoms with Gasteiger partial charge in [-0.2, -0.15) is 0 Å². The van der Waals surface area contributed by atoms with Crippen LogP contribution in [0.15, 0.2) is 0 Å². The van der Waals surface area contributed by atoms with Crippen LogP contribution in [0.4, 0.5) is 0 Å². The van der Waals surface area contributed by atoms with Crippen LogP contribution in [0, 0.1) is 11.8 Å². The van der Waals surface area contributed by atoms with E-state index in [-0.39, 0.29) is 29.3 Å². The van der Waals surface area contributed by atoms with E-state index in [9.17, 15) is 9.59 Å². The quantitative estimate of drug-likeness (QED) is 0.859. The van der Waals surface area contributed by atoms with Gasteiger partial charge in [-0.05, 0) is 57.8 Å². The molecule has 1 aliphatic heterocycles. The van der Waals surface area contributed by atoms with Gasteiger partial charge in [0.05, 0.1) is 0 Å². The van der Waals surface area contributed by atoms with Gasteiger partial charge in [0, 0.05) is 5.54 Å². The number of nitrogens with zero attached hydrogens (tertiary/aromatic N) is 1. The van der Waals surface area contributed by atoms with Crippen molar-refractivity contribution in [1.82, 2.24) is 10.2 Å². The molecule has 2 saturated carbocycles. The van der Waals surface area contributed by atoms with Gasteiger partial charge in [-0.25, -0.2) is 0 Å². The molecule has 2 unspecified atom stereocenters. The maximum absolute atomic E-state index is 13.1. The van der Waals surface area contributed by atoms with Crippen molar-refractivity contribution in [3.63, 3.8) is 0 Å². The van der Waals surface area contributed by atoms with Crippen molar-refractivity contribution in [2.75, 3.05) is 0 Å². The van der Waals surface area contributed by atoms with Crippen LogP contribution in [0.2, 0.25) is 0 Å². The fraction of sp³-hybridized carbons (Fsp3) is 0.875. The van der Waals surface area contributed by atoms with E-state index in [2.05, 4.69) is 12.2 Å². The molecule has 3 aliphatic rings. The van der Waals surface area contributed by atoms with Gasteiger partial charge in [-0.15, -0.1) is 0 Å². The maximum atomic E-state index is 13.1. The summed E-state index contributed by atoms with van der Waals surface area (Å²) in [5, 5.41) is 3.06. The predicted molar refractivity (Wildman–Crippen MR) is 77.0 cm³/mol. The largest absolute Gasteiger partial charge is 0.340 e. The van der Waals surface area contributed by atoms with Crippen molar-refractivity contribution in [3.05, 3.63) is 0 Å². The first-order valence-corrected chi connectivity index (χ1v) is 7.95. The summed E-state index contributed by atoms with van der Waals surface area (Å²) in [6.45, 7) is 8.14. The zero-order valence-corrected chi connectivity index (χ0v) is 13.0. The van der Waals surface area contributed by atoms with E-state index >= 15 is 0 Å². The molecule has 112 valence electrons. The van der Waals surface area contributed by atoms with Crippen molar-refractivity contribution >= 4 is 11.8 Å². The fourth-order valence-corrected chi connectivity index (χ4v) is 3.93. The molecule has 20 heavy (non-hydrogen) atoms. The molecule has 3 fully saturated rings. The van der Waals surface area contributed by atoms with E-state index < -0.39 is 5.54 Å². The van der Waals surface area contributed by atoms with Crippen molar-refractivity contribution < 1.29 is 9.59 Å². The minimum absolute atomic E-state index is 0.0436. The van der Waals surface area contributed by atoms with Crippen LogP contribution in [0.1, 0.15) is 59.8 Å². The van der Waals surface area contributed by atoms with E-state index in [0.717, 1.165) is 32.1 Å². The van der Waals surface area contributed by atoms with E-state index in [1.54, 1.807) is 0 Å². The van der Waals surface area contributed by atoms with E-state index in [1.807, 2.05) is 25.7 Å².